The third-order valence-electron chi connectivity index (χ3n) is 6.05. The first-order valence-electron chi connectivity index (χ1n) is 9.86. The Hall–Kier alpha value is -2.53. The lowest BCUT2D eigenvalue weighted by Crippen LogP contribution is -3.19. The number of hydrogen-bond donors (Lipinski definition) is 2. The van der Waals surface area contributed by atoms with Crippen LogP contribution < -0.4 is 9.80 Å². The van der Waals surface area contributed by atoms with Gasteiger partial charge in [0, 0.05) is 13.1 Å². The molecule has 27 heavy (non-hydrogen) atoms. The third-order valence-corrected chi connectivity index (χ3v) is 6.05. The number of rotatable bonds is 3. The molecule has 2 aromatic carbocycles. The second-order valence-corrected chi connectivity index (χ2v) is 7.63. The highest BCUT2D eigenvalue weighted by Gasteiger charge is 2.33. The summed E-state index contributed by atoms with van der Waals surface area (Å²) >= 11 is 0. The molecule has 2 aliphatic rings. The fraction of sp³-hybridized carbons (Fsp3) is 0.409. The van der Waals surface area contributed by atoms with Gasteiger partial charge in [0.2, 0.25) is 0 Å². The molecule has 0 bridgehead atoms. The summed E-state index contributed by atoms with van der Waals surface area (Å²) in [5, 5.41) is 10.1. The van der Waals surface area contributed by atoms with E-state index in [4.69, 9.17) is 0 Å². The van der Waals surface area contributed by atoms with Gasteiger partial charge in [0.1, 0.15) is 5.75 Å². The molecular weight excluding hydrogens is 338 g/mol. The van der Waals surface area contributed by atoms with Crippen molar-refractivity contribution in [3.8, 4) is 5.75 Å². The largest absolute Gasteiger partial charge is 0.506 e. The van der Waals surface area contributed by atoms with Crippen LogP contribution in [0, 0.1) is 0 Å². The number of phenolic OH excluding ortho intramolecular Hbond substituents is 1. The maximum atomic E-state index is 13.1. The van der Waals surface area contributed by atoms with Crippen LogP contribution in [-0.4, -0.2) is 54.7 Å². The predicted molar refractivity (Wildman–Crippen MR) is 106 cm³/mol. The molecule has 1 saturated heterocycles. The van der Waals surface area contributed by atoms with E-state index in [1.54, 1.807) is 6.07 Å². The molecule has 0 aromatic heterocycles. The van der Waals surface area contributed by atoms with Crippen LogP contribution in [0.3, 0.4) is 0 Å². The number of para-hydroxylation sites is 2. The van der Waals surface area contributed by atoms with E-state index in [1.807, 2.05) is 23.1 Å². The molecule has 0 saturated carbocycles. The Labute approximate surface area is 160 Å². The second-order valence-electron chi connectivity index (χ2n) is 7.63. The Morgan fingerprint density at radius 1 is 1.00 bits per heavy atom. The number of phenols is 1. The number of quaternary nitrogens is 1. The van der Waals surface area contributed by atoms with Gasteiger partial charge in [-0.2, -0.15) is 0 Å². The van der Waals surface area contributed by atoms with Gasteiger partial charge in [-0.3, -0.25) is 4.79 Å². The van der Waals surface area contributed by atoms with E-state index in [1.165, 1.54) is 16.0 Å². The number of amides is 1. The molecule has 0 unspecified atom stereocenters. The Balaban J connectivity index is 1.36. The molecule has 142 valence electrons. The molecular formula is C22H28N3O2+. The Kier molecular flexibility index (Phi) is 5.03. The zero-order valence-electron chi connectivity index (χ0n) is 15.9. The van der Waals surface area contributed by atoms with Gasteiger partial charge in [-0.1, -0.05) is 36.4 Å². The molecule has 0 spiro atoms. The van der Waals surface area contributed by atoms with E-state index < -0.39 is 0 Å². The van der Waals surface area contributed by atoms with Gasteiger partial charge in [-0.05, 0) is 36.6 Å². The van der Waals surface area contributed by atoms with Crippen molar-refractivity contribution in [2.75, 3.05) is 37.6 Å². The highest BCUT2D eigenvalue weighted by atomic mass is 16.3. The van der Waals surface area contributed by atoms with Crippen molar-refractivity contribution in [2.45, 2.75) is 25.9 Å². The van der Waals surface area contributed by atoms with Crippen molar-refractivity contribution in [1.29, 1.82) is 0 Å². The van der Waals surface area contributed by atoms with Crippen molar-refractivity contribution in [3.63, 3.8) is 0 Å². The summed E-state index contributed by atoms with van der Waals surface area (Å²) in [6, 6.07) is 15.9. The lowest BCUT2D eigenvalue weighted by atomic mass is 9.99. The maximum absolute atomic E-state index is 13.1. The maximum Gasteiger partial charge on any atom is 0.280 e. The zero-order chi connectivity index (χ0) is 18.8. The third kappa shape index (κ3) is 3.65. The standard InChI is InChI=1S/C22H27N3O2/c1-17(22(27)25-11-10-18-6-2-3-7-19(18)16-25)23-12-14-24(15-13-23)20-8-4-5-9-21(20)26/h2-9,17,26H,10-16H2,1H3/p+1/t17-/m1/s1. The number of carbonyl (C=O) groups is 1. The van der Waals surface area contributed by atoms with Gasteiger partial charge < -0.3 is 19.8 Å². The fourth-order valence-corrected chi connectivity index (χ4v) is 4.33. The van der Waals surface area contributed by atoms with Crippen LogP contribution in [0.5, 0.6) is 5.75 Å². The minimum atomic E-state index is -0.0261. The van der Waals surface area contributed by atoms with Crippen LogP contribution in [-0.2, 0) is 17.8 Å². The molecule has 0 aliphatic carbocycles. The average Bonchev–Trinajstić information content (AvgIpc) is 2.73. The van der Waals surface area contributed by atoms with Crippen molar-refractivity contribution < 1.29 is 14.8 Å². The number of nitrogens with one attached hydrogen (secondary N) is 1. The molecule has 5 nitrogen and oxygen atoms in total. The number of hydrogen-bond acceptors (Lipinski definition) is 3. The molecule has 2 N–H and O–H groups in total. The first-order chi connectivity index (χ1) is 13.1. The quantitative estimate of drug-likeness (QED) is 0.854. The van der Waals surface area contributed by atoms with E-state index in [9.17, 15) is 9.90 Å². The molecule has 2 aliphatic heterocycles. The van der Waals surface area contributed by atoms with Crippen molar-refractivity contribution in [1.82, 2.24) is 4.90 Å². The summed E-state index contributed by atoms with van der Waals surface area (Å²) in [6.07, 6.45) is 0.949. The summed E-state index contributed by atoms with van der Waals surface area (Å²) in [7, 11) is 0. The summed E-state index contributed by atoms with van der Waals surface area (Å²) in [5.74, 6) is 0.590. The topological polar surface area (TPSA) is 48.2 Å². The van der Waals surface area contributed by atoms with Crippen LogP contribution in [0.2, 0.25) is 0 Å². The number of aromatic hydroxyl groups is 1. The molecule has 2 heterocycles. The van der Waals surface area contributed by atoms with Gasteiger partial charge in [0.25, 0.3) is 5.91 Å². The van der Waals surface area contributed by atoms with E-state index in [-0.39, 0.29) is 11.9 Å². The first-order valence-corrected chi connectivity index (χ1v) is 9.86. The summed E-state index contributed by atoms with van der Waals surface area (Å²) in [6.45, 7) is 7.14. The molecule has 2 aromatic rings. The number of piperazine rings is 1. The summed E-state index contributed by atoms with van der Waals surface area (Å²) in [5.41, 5.74) is 3.55. The molecule has 1 atom stereocenters. The van der Waals surface area contributed by atoms with Gasteiger partial charge >= 0.3 is 0 Å². The van der Waals surface area contributed by atoms with Gasteiger partial charge in [0.15, 0.2) is 6.04 Å². The van der Waals surface area contributed by atoms with Crippen LogP contribution >= 0.6 is 0 Å². The highest BCUT2D eigenvalue weighted by Crippen LogP contribution is 2.26. The molecule has 5 heteroatoms. The van der Waals surface area contributed by atoms with Crippen LogP contribution in [0.1, 0.15) is 18.1 Å². The smallest absolute Gasteiger partial charge is 0.280 e. The van der Waals surface area contributed by atoms with Gasteiger partial charge in [0.05, 0.1) is 31.9 Å². The monoisotopic (exact) mass is 366 g/mol. The Morgan fingerprint density at radius 3 is 2.41 bits per heavy atom. The summed E-state index contributed by atoms with van der Waals surface area (Å²) < 4.78 is 0. The van der Waals surface area contributed by atoms with Crippen LogP contribution in [0.4, 0.5) is 5.69 Å². The van der Waals surface area contributed by atoms with E-state index >= 15 is 0 Å². The van der Waals surface area contributed by atoms with E-state index in [0.717, 1.165) is 51.4 Å². The molecule has 1 amide bonds. The zero-order valence-corrected chi connectivity index (χ0v) is 15.9. The van der Waals surface area contributed by atoms with Crippen LogP contribution in [0.25, 0.3) is 0 Å². The Bertz CT molecular complexity index is 815. The van der Waals surface area contributed by atoms with Crippen LogP contribution in [0.15, 0.2) is 48.5 Å². The fourth-order valence-electron chi connectivity index (χ4n) is 4.33. The number of nitrogens with zero attached hydrogens (tertiary/aromatic N) is 2. The lowest BCUT2D eigenvalue weighted by molar-refractivity contribution is -0.915. The number of benzene rings is 2. The summed E-state index contributed by atoms with van der Waals surface area (Å²) in [4.78, 5) is 18.6. The normalized spacial score (nSPS) is 18.9. The number of anilines is 1. The number of carbonyl (C=O) groups excluding carboxylic acids is 1. The minimum Gasteiger partial charge on any atom is -0.506 e. The molecule has 4 rings (SSSR count). The Morgan fingerprint density at radius 2 is 1.67 bits per heavy atom. The highest BCUT2D eigenvalue weighted by molar-refractivity contribution is 5.80. The number of fused-ring (bicyclic) bond motifs is 1. The van der Waals surface area contributed by atoms with Crippen molar-refractivity contribution in [3.05, 3.63) is 59.7 Å². The van der Waals surface area contributed by atoms with Gasteiger partial charge in [-0.15, -0.1) is 0 Å². The van der Waals surface area contributed by atoms with E-state index in [2.05, 4.69) is 36.1 Å². The lowest BCUT2D eigenvalue weighted by Gasteiger charge is -2.38. The first kappa shape index (κ1) is 17.9. The SMILES string of the molecule is C[C@H](C(=O)N1CCc2ccccc2C1)[NH+]1CCN(c2ccccc2O)CC1. The second kappa shape index (κ2) is 7.61. The average molecular weight is 366 g/mol. The van der Waals surface area contributed by atoms with Crippen molar-refractivity contribution >= 4 is 11.6 Å². The van der Waals surface area contributed by atoms with Gasteiger partial charge in [-0.25, -0.2) is 0 Å². The van der Waals surface area contributed by atoms with Crippen molar-refractivity contribution in [2.24, 2.45) is 0 Å². The predicted octanol–water partition coefficient (Wildman–Crippen LogP) is 1.07. The molecule has 1 fully saturated rings. The van der Waals surface area contributed by atoms with E-state index in [0.29, 0.717) is 5.75 Å². The molecule has 0 radical (unpaired) electrons. The minimum absolute atomic E-state index is 0.0261.